The minimum Gasteiger partial charge on any atom is -0.381 e. The van der Waals surface area contributed by atoms with Crippen LogP contribution in [-0.4, -0.2) is 35.1 Å². The van der Waals surface area contributed by atoms with E-state index in [1.54, 1.807) is 20.9 Å². The molecule has 0 fully saturated rings. The minimum atomic E-state index is -3.71. The summed E-state index contributed by atoms with van der Waals surface area (Å²) in [6, 6.07) is 1.69. The van der Waals surface area contributed by atoms with Gasteiger partial charge >= 0.3 is 0 Å². The number of hydrogen-bond acceptors (Lipinski definition) is 5. The van der Waals surface area contributed by atoms with Gasteiger partial charge in [-0.2, -0.15) is 14.7 Å². The minimum absolute atomic E-state index is 0.0170. The smallest absolute Gasteiger partial charge is 0.248 e. The van der Waals surface area contributed by atoms with Crippen LogP contribution in [0.25, 0.3) is 0 Å². The second-order valence-electron chi connectivity index (χ2n) is 4.17. The molecule has 0 aliphatic carbocycles. The van der Waals surface area contributed by atoms with Gasteiger partial charge in [0, 0.05) is 32.3 Å². The van der Waals surface area contributed by atoms with Gasteiger partial charge < -0.3 is 5.73 Å². The fraction of sp³-hybridized carbons (Fsp3) is 0.600. The van der Waals surface area contributed by atoms with E-state index < -0.39 is 10.0 Å². The zero-order valence-electron chi connectivity index (χ0n) is 10.7. The van der Waals surface area contributed by atoms with Crippen molar-refractivity contribution in [2.75, 3.05) is 12.3 Å². The van der Waals surface area contributed by atoms with Gasteiger partial charge in [0.1, 0.15) is 4.90 Å². The number of nitrogens with zero attached hydrogens (tertiary/aromatic N) is 4. The van der Waals surface area contributed by atoms with E-state index in [9.17, 15) is 8.42 Å². The predicted molar refractivity (Wildman–Crippen MR) is 66.9 cm³/mol. The third kappa shape index (κ3) is 2.80. The van der Waals surface area contributed by atoms with Crippen molar-refractivity contribution in [3.05, 3.63) is 6.20 Å². The average molecular weight is 271 g/mol. The highest BCUT2D eigenvalue weighted by Gasteiger charge is 2.30. The first-order chi connectivity index (χ1) is 8.30. The topological polar surface area (TPSA) is 105 Å². The first-order valence-corrected chi connectivity index (χ1v) is 6.92. The lowest BCUT2D eigenvalue weighted by Crippen LogP contribution is -2.37. The summed E-state index contributed by atoms with van der Waals surface area (Å²) in [5, 5.41) is 12.4. The molecule has 0 atom stereocenters. The number of hydrogen-bond donors (Lipinski definition) is 1. The Bertz CT molecular complexity index is 555. The number of aromatic nitrogens is 2. The molecule has 0 aliphatic rings. The highest BCUT2D eigenvalue weighted by Crippen LogP contribution is 2.22. The van der Waals surface area contributed by atoms with E-state index in [1.165, 1.54) is 15.2 Å². The van der Waals surface area contributed by atoms with Crippen molar-refractivity contribution < 1.29 is 8.42 Å². The molecule has 0 saturated carbocycles. The number of nitriles is 1. The maximum absolute atomic E-state index is 12.4. The van der Waals surface area contributed by atoms with Gasteiger partial charge in [0.15, 0.2) is 5.82 Å². The molecular formula is C10H17N5O2S. The van der Waals surface area contributed by atoms with E-state index >= 15 is 0 Å². The van der Waals surface area contributed by atoms with Gasteiger partial charge in [0.25, 0.3) is 0 Å². The molecule has 0 bridgehead atoms. The summed E-state index contributed by atoms with van der Waals surface area (Å²) in [5.41, 5.74) is 5.59. The van der Waals surface area contributed by atoms with Gasteiger partial charge in [0.05, 0.1) is 6.07 Å². The maximum Gasteiger partial charge on any atom is 0.248 e. The van der Waals surface area contributed by atoms with E-state index in [0.717, 1.165) is 0 Å². The van der Waals surface area contributed by atoms with Crippen LogP contribution in [0.15, 0.2) is 11.1 Å². The van der Waals surface area contributed by atoms with Crippen LogP contribution in [0.4, 0.5) is 5.82 Å². The molecule has 2 N–H and O–H groups in total. The van der Waals surface area contributed by atoms with Crippen molar-refractivity contribution in [3.8, 4) is 6.07 Å². The number of nitrogen functional groups attached to an aromatic ring is 1. The maximum atomic E-state index is 12.4. The zero-order chi connectivity index (χ0) is 13.9. The van der Waals surface area contributed by atoms with E-state index in [0.29, 0.717) is 0 Å². The zero-order valence-corrected chi connectivity index (χ0v) is 11.5. The molecule has 0 amide bonds. The van der Waals surface area contributed by atoms with Crippen LogP contribution in [0.1, 0.15) is 20.3 Å². The lowest BCUT2D eigenvalue weighted by molar-refractivity contribution is 0.360. The van der Waals surface area contributed by atoms with Crippen molar-refractivity contribution in [1.29, 1.82) is 5.26 Å². The summed E-state index contributed by atoms with van der Waals surface area (Å²) < 4.78 is 27.4. The van der Waals surface area contributed by atoms with E-state index in [1.807, 2.05) is 6.07 Å². The molecule has 1 rings (SSSR count). The third-order valence-corrected chi connectivity index (χ3v) is 4.52. The van der Waals surface area contributed by atoms with Gasteiger partial charge in [-0.25, -0.2) is 8.42 Å². The quantitative estimate of drug-likeness (QED) is 0.830. The Labute approximate surface area is 107 Å². The second-order valence-corrected chi connectivity index (χ2v) is 6.03. The van der Waals surface area contributed by atoms with E-state index in [2.05, 4.69) is 5.10 Å². The largest absolute Gasteiger partial charge is 0.381 e. The fourth-order valence-corrected chi connectivity index (χ4v) is 3.36. The Kier molecular flexibility index (Phi) is 4.32. The third-order valence-electron chi connectivity index (χ3n) is 2.43. The lowest BCUT2D eigenvalue weighted by Gasteiger charge is -2.24. The Morgan fingerprint density at radius 1 is 1.61 bits per heavy atom. The monoisotopic (exact) mass is 271 g/mol. The first kappa shape index (κ1) is 14.5. The predicted octanol–water partition coefficient (Wildman–Crippen LogP) is 0.315. The Balaban J connectivity index is 3.18. The summed E-state index contributed by atoms with van der Waals surface area (Å²) >= 11 is 0. The molecule has 0 aromatic carbocycles. The molecular weight excluding hydrogens is 254 g/mol. The van der Waals surface area contributed by atoms with E-state index in [-0.39, 0.29) is 29.7 Å². The van der Waals surface area contributed by atoms with Crippen LogP contribution in [-0.2, 0) is 17.1 Å². The van der Waals surface area contributed by atoms with Gasteiger partial charge in [0.2, 0.25) is 10.0 Å². The summed E-state index contributed by atoms with van der Waals surface area (Å²) in [7, 11) is -2.11. The summed E-state index contributed by atoms with van der Waals surface area (Å²) in [6.45, 7) is 3.65. The highest BCUT2D eigenvalue weighted by molar-refractivity contribution is 7.89. The van der Waals surface area contributed by atoms with Crippen molar-refractivity contribution in [2.45, 2.75) is 31.2 Å². The molecule has 7 nitrogen and oxygen atoms in total. The SMILES string of the molecule is CC(C)N(CCC#N)S(=O)(=O)c1cn(C)nc1N. The average Bonchev–Trinajstić information content (AvgIpc) is 2.58. The molecule has 0 aliphatic heterocycles. The van der Waals surface area contributed by atoms with Crippen molar-refractivity contribution in [2.24, 2.45) is 7.05 Å². The van der Waals surface area contributed by atoms with Gasteiger partial charge in [-0.1, -0.05) is 0 Å². The second kappa shape index (κ2) is 5.37. The lowest BCUT2D eigenvalue weighted by atomic mass is 10.3. The molecule has 0 spiro atoms. The number of aryl methyl sites for hydroxylation is 1. The Morgan fingerprint density at radius 3 is 2.61 bits per heavy atom. The number of anilines is 1. The van der Waals surface area contributed by atoms with Crippen LogP contribution in [0.3, 0.4) is 0 Å². The van der Waals surface area contributed by atoms with Crippen LogP contribution >= 0.6 is 0 Å². The van der Waals surface area contributed by atoms with Gasteiger partial charge in [-0.05, 0) is 13.8 Å². The van der Waals surface area contributed by atoms with Crippen LogP contribution in [0.5, 0.6) is 0 Å². The molecule has 100 valence electrons. The summed E-state index contributed by atoms with van der Waals surface area (Å²) in [5.74, 6) is -0.0277. The molecule has 0 unspecified atom stereocenters. The van der Waals surface area contributed by atoms with E-state index in [4.69, 9.17) is 11.0 Å². The van der Waals surface area contributed by atoms with Gasteiger partial charge in [-0.3, -0.25) is 4.68 Å². The fourth-order valence-electron chi connectivity index (χ4n) is 1.63. The molecule has 1 heterocycles. The number of rotatable bonds is 5. The van der Waals surface area contributed by atoms with Crippen LogP contribution in [0.2, 0.25) is 0 Å². The standard InChI is InChI=1S/C10H17N5O2S/c1-8(2)15(6-4-5-11)18(16,17)9-7-14(3)13-10(9)12/h7-8H,4,6H2,1-3H3,(H2,12,13). The van der Waals surface area contributed by atoms with Gasteiger partial charge in [-0.15, -0.1) is 0 Å². The normalized spacial score (nSPS) is 12.0. The molecule has 18 heavy (non-hydrogen) atoms. The Morgan fingerprint density at radius 2 is 2.22 bits per heavy atom. The van der Waals surface area contributed by atoms with Crippen molar-refractivity contribution in [1.82, 2.24) is 14.1 Å². The summed E-state index contributed by atoms with van der Waals surface area (Å²) in [4.78, 5) is -0.0170. The number of nitrogens with two attached hydrogens (primary N) is 1. The molecule has 8 heteroatoms. The van der Waals surface area contributed by atoms with Crippen LogP contribution < -0.4 is 5.73 Å². The molecule has 0 saturated heterocycles. The summed E-state index contributed by atoms with van der Waals surface area (Å²) in [6.07, 6.45) is 1.50. The first-order valence-electron chi connectivity index (χ1n) is 5.48. The Hall–Kier alpha value is -1.59. The van der Waals surface area contributed by atoms with Crippen LogP contribution in [0, 0.1) is 11.3 Å². The molecule has 0 radical (unpaired) electrons. The highest BCUT2D eigenvalue weighted by atomic mass is 32.2. The number of sulfonamides is 1. The molecule has 1 aromatic rings. The molecule has 1 aromatic heterocycles. The van der Waals surface area contributed by atoms with Crippen molar-refractivity contribution in [3.63, 3.8) is 0 Å². The van der Waals surface area contributed by atoms with Crippen molar-refractivity contribution >= 4 is 15.8 Å².